The average Bonchev–Trinajstić information content (AvgIpc) is 3.24. The maximum atomic E-state index is 12.7. The quantitative estimate of drug-likeness (QED) is 0.698. The number of nitrogens with zero attached hydrogens (tertiary/aromatic N) is 1. The van der Waals surface area contributed by atoms with Crippen LogP contribution in [0.15, 0.2) is 71.9 Å². The van der Waals surface area contributed by atoms with Gasteiger partial charge in [0, 0.05) is 6.42 Å². The molecule has 140 valence electrons. The van der Waals surface area contributed by atoms with Crippen molar-refractivity contribution in [1.29, 1.82) is 0 Å². The fourth-order valence-corrected chi connectivity index (χ4v) is 3.17. The summed E-state index contributed by atoms with van der Waals surface area (Å²) in [6.07, 6.45) is 0.0652. The van der Waals surface area contributed by atoms with E-state index in [1.807, 2.05) is 54.6 Å². The normalized spacial score (nSPS) is 15.6. The molecule has 3 aromatic carbocycles. The number of fused-ring (bicyclic) bond motifs is 1. The third-order valence-electron chi connectivity index (χ3n) is 4.64. The van der Waals surface area contributed by atoms with Gasteiger partial charge in [0.05, 0.1) is 18.4 Å². The summed E-state index contributed by atoms with van der Waals surface area (Å²) in [5.41, 5.74) is 1.89. The van der Waals surface area contributed by atoms with E-state index in [1.165, 1.54) is 7.11 Å². The topological polar surface area (TPSA) is 77.0 Å². The molecule has 0 bridgehead atoms. The number of rotatable bonds is 4. The van der Waals surface area contributed by atoms with E-state index in [9.17, 15) is 9.59 Å². The number of methoxy groups -OCH3 is 1. The van der Waals surface area contributed by atoms with Gasteiger partial charge in [-0.15, -0.1) is 0 Å². The van der Waals surface area contributed by atoms with Gasteiger partial charge < -0.3 is 14.9 Å². The number of carbonyl (C=O) groups excluding carboxylic acids is 2. The van der Waals surface area contributed by atoms with Crippen LogP contribution in [0.25, 0.3) is 10.8 Å². The van der Waals surface area contributed by atoms with Crippen LogP contribution in [0.2, 0.25) is 0 Å². The molecule has 0 aliphatic carbocycles. The summed E-state index contributed by atoms with van der Waals surface area (Å²) in [5, 5.41) is 8.50. The van der Waals surface area contributed by atoms with Crippen molar-refractivity contribution in [3.8, 4) is 0 Å². The second kappa shape index (κ2) is 7.52. The third kappa shape index (κ3) is 3.44. The number of esters is 1. The first kappa shape index (κ1) is 17.7. The highest BCUT2D eigenvalue weighted by Crippen LogP contribution is 2.29. The molecular weight excluding hydrogens is 356 g/mol. The molecule has 1 heterocycles. The molecule has 0 saturated heterocycles. The Bertz CT molecular complexity index is 1080. The highest BCUT2D eigenvalue weighted by Gasteiger charge is 2.28. The summed E-state index contributed by atoms with van der Waals surface area (Å²) in [6, 6.07) is 20.6. The molecule has 6 heteroatoms. The van der Waals surface area contributed by atoms with Crippen molar-refractivity contribution < 1.29 is 19.2 Å². The summed E-state index contributed by atoms with van der Waals surface area (Å²) in [6.45, 7) is 0. The second-order valence-corrected chi connectivity index (χ2v) is 6.44. The minimum atomic E-state index is -0.521. The predicted molar refractivity (Wildman–Crippen MR) is 106 cm³/mol. The Morgan fingerprint density at radius 1 is 1.04 bits per heavy atom. The molecule has 0 spiro atoms. The summed E-state index contributed by atoms with van der Waals surface area (Å²) in [7, 11) is 1.31. The first-order valence-electron chi connectivity index (χ1n) is 8.86. The van der Waals surface area contributed by atoms with E-state index in [4.69, 9.17) is 9.57 Å². The smallest absolute Gasteiger partial charge is 0.339 e. The Balaban J connectivity index is 1.57. The van der Waals surface area contributed by atoms with Crippen LogP contribution in [0.3, 0.4) is 0 Å². The fourth-order valence-electron chi connectivity index (χ4n) is 3.17. The number of hydrogen-bond donors (Lipinski definition) is 1. The molecule has 6 nitrogen and oxygen atoms in total. The Hall–Kier alpha value is -3.67. The van der Waals surface area contributed by atoms with Gasteiger partial charge in [0.25, 0.3) is 5.91 Å². The molecule has 0 fully saturated rings. The maximum absolute atomic E-state index is 12.7. The molecule has 0 saturated carbocycles. The molecule has 0 unspecified atom stereocenters. The van der Waals surface area contributed by atoms with Gasteiger partial charge in [0.2, 0.25) is 0 Å². The van der Waals surface area contributed by atoms with Crippen LogP contribution in [0.4, 0.5) is 5.69 Å². The number of benzene rings is 3. The van der Waals surface area contributed by atoms with Crippen LogP contribution in [0.1, 0.15) is 28.4 Å². The van der Waals surface area contributed by atoms with Crippen molar-refractivity contribution >= 4 is 34.0 Å². The number of nitrogens with one attached hydrogen (secondary N) is 1. The molecule has 1 atom stereocenters. The molecular formula is C22H18N2O4. The zero-order chi connectivity index (χ0) is 19.5. The molecule has 1 aliphatic rings. The van der Waals surface area contributed by atoms with E-state index in [1.54, 1.807) is 12.1 Å². The zero-order valence-corrected chi connectivity index (χ0v) is 15.2. The number of ether oxygens (including phenoxy) is 1. The molecule has 1 amide bonds. The summed E-state index contributed by atoms with van der Waals surface area (Å²) < 4.78 is 4.86. The van der Waals surface area contributed by atoms with E-state index in [2.05, 4.69) is 10.5 Å². The Morgan fingerprint density at radius 3 is 2.43 bits per heavy atom. The lowest BCUT2D eigenvalue weighted by Gasteiger charge is -2.11. The summed E-state index contributed by atoms with van der Waals surface area (Å²) >= 11 is 0. The molecule has 0 radical (unpaired) electrons. The van der Waals surface area contributed by atoms with Crippen molar-refractivity contribution in [3.63, 3.8) is 0 Å². The van der Waals surface area contributed by atoms with Gasteiger partial charge in [-0.1, -0.05) is 59.8 Å². The Labute approximate surface area is 161 Å². The van der Waals surface area contributed by atoms with Crippen LogP contribution in [-0.4, -0.2) is 24.7 Å². The number of anilines is 1. The van der Waals surface area contributed by atoms with E-state index in [-0.39, 0.29) is 17.4 Å². The van der Waals surface area contributed by atoms with Gasteiger partial charge in [-0.25, -0.2) is 4.79 Å². The number of carbonyl (C=O) groups is 2. The number of oxime groups is 1. The molecule has 28 heavy (non-hydrogen) atoms. The molecule has 3 aromatic rings. The highest BCUT2D eigenvalue weighted by molar-refractivity contribution is 6.43. The highest BCUT2D eigenvalue weighted by atomic mass is 16.6. The SMILES string of the molecule is COC(=O)c1cc2ccccc2cc1NC(=O)C1=NO[C@@H](c2ccccc2)C1. The lowest BCUT2D eigenvalue weighted by molar-refractivity contribution is -0.110. The molecule has 1 aliphatic heterocycles. The molecule has 0 aromatic heterocycles. The van der Waals surface area contributed by atoms with Gasteiger partial charge in [-0.05, 0) is 28.5 Å². The predicted octanol–water partition coefficient (Wildman–Crippen LogP) is 4.08. The summed E-state index contributed by atoms with van der Waals surface area (Å²) in [5.74, 6) is -0.924. The Kier molecular flexibility index (Phi) is 4.76. The third-order valence-corrected chi connectivity index (χ3v) is 4.64. The standard InChI is InChI=1S/C22H18N2O4/c1-27-22(26)17-11-15-9-5-6-10-16(15)12-18(17)23-21(25)19-13-20(28-24-19)14-7-3-2-4-8-14/h2-12,20H,13H2,1H3,(H,23,25)/t20-/m1/s1. The maximum Gasteiger partial charge on any atom is 0.339 e. The van der Waals surface area contributed by atoms with Crippen LogP contribution in [0, 0.1) is 0 Å². The van der Waals surface area contributed by atoms with Gasteiger partial charge >= 0.3 is 5.97 Å². The number of hydrogen-bond acceptors (Lipinski definition) is 5. The van der Waals surface area contributed by atoms with Crippen LogP contribution < -0.4 is 5.32 Å². The van der Waals surface area contributed by atoms with Gasteiger partial charge in [0.1, 0.15) is 5.71 Å². The Morgan fingerprint density at radius 2 is 1.71 bits per heavy atom. The monoisotopic (exact) mass is 374 g/mol. The molecule has 1 N–H and O–H groups in total. The van der Waals surface area contributed by atoms with Crippen LogP contribution in [-0.2, 0) is 14.4 Å². The van der Waals surface area contributed by atoms with Crippen LogP contribution >= 0.6 is 0 Å². The zero-order valence-electron chi connectivity index (χ0n) is 15.2. The van der Waals surface area contributed by atoms with E-state index in [0.29, 0.717) is 12.1 Å². The first-order valence-corrected chi connectivity index (χ1v) is 8.86. The van der Waals surface area contributed by atoms with E-state index < -0.39 is 11.9 Å². The van der Waals surface area contributed by atoms with Crippen molar-refractivity contribution in [1.82, 2.24) is 0 Å². The van der Waals surface area contributed by atoms with Crippen LogP contribution in [0.5, 0.6) is 0 Å². The lowest BCUT2D eigenvalue weighted by atomic mass is 10.0. The largest absolute Gasteiger partial charge is 0.465 e. The van der Waals surface area contributed by atoms with Crippen molar-refractivity contribution in [3.05, 3.63) is 77.9 Å². The fraction of sp³-hybridized carbons (Fsp3) is 0.136. The van der Waals surface area contributed by atoms with E-state index in [0.717, 1.165) is 16.3 Å². The van der Waals surface area contributed by atoms with Gasteiger partial charge in [0.15, 0.2) is 6.10 Å². The minimum absolute atomic E-state index is 0.276. The van der Waals surface area contributed by atoms with Crippen molar-refractivity contribution in [2.45, 2.75) is 12.5 Å². The first-order chi connectivity index (χ1) is 13.7. The van der Waals surface area contributed by atoms with Gasteiger partial charge in [-0.2, -0.15) is 0 Å². The average molecular weight is 374 g/mol. The summed E-state index contributed by atoms with van der Waals surface area (Å²) in [4.78, 5) is 30.3. The van der Waals surface area contributed by atoms with Crippen molar-refractivity contribution in [2.75, 3.05) is 12.4 Å². The van der Waals surface area contributed by atoms with Crippen molar-refractivity contribution in [2.24, 2.45) is 5.16 Å². The van der Waals surface area contributed by atoms with Gasteiger partial charge in [-0.3, -0.25) is 4.79 Å². The minimum Gasteiger partial charge on any atom is -0.465 e. The van der Waals surface area contributed by atoms with E-state index >= 15 is 0 Å². The second-order valence-electron chi connectivity index (χ2n) is 6.44. The lowest BCUT2D eigenvalue weighted by Crippen LogP contribution is -2.23. The number of amides is 1. The molecule has 4 rings (SSSR count).